The maximum absolute atomic E-state index is 13.0. The van der Waals surface area contributed by atoms with Crippen LogP contribution in [0.3, 0.4) is 0 Å². The summed E-state index contributed by atoms with van der Waals surface area (Å²) in [6, 6.07) is 23.9. The lowest BCUT2D eigenvalue weighted by Crippen LogP contribution is -2.31. The Morgan fingerprint density at radius 1 is 0.867 bits per heavy atom. The van der Waals surface area contributed by atoms with Crippen LogP contribution in [0, 0.1) is 0 Å². The normalized spacial score (nSPS) is 16.7. The number of carbonyl (C=O) groups is 2. The van der Waals surface area contributed by atoms with E-state index < -0.39 is 12.1 Å². The number of nitrogens with zero attached hydrogens (tertiary/aromatic N) is 1. The molecule has 1 aliphatic heterocycles. The molecule has 3 aromatic carbocycles. The number of benzene rings is 3. The minimum atomic E-state index is -0.871. The van der Waals surface area contributed by atoms with Crippen molar-refractivity contribution < 1.29 is 19.4 Å². The van der Waals surface area contributed by atoms with E-state index in [1.54, 1.807) is 4.90 Å². The standard InChI is InChI=1S/C25H21NO4/c27-24(28)13-16-14-26(23-12-6-5-7-17(16)23)25(29)30-15-22-20-10-3-1-8-18(20)19-9-2-4-11-21(19)22/h1-12,16,22H,13-15H2,(H,27,28). The number of carboxylic acid groups (broad SMARTS) is 1. The molecule has 30 heavy (non-hydrogen) atoms. The Bertz CT molecular complexity index is 1090. The van der Waals surface area contributed by atoms with Crippen molar-refractivity contribution in [1.82, 2.24) is 0 Å². The van der Waals surface area contributed by atoms with Crippen LogP contribution >= 0.6 is 0 Å². The van der Waals surface area contributed by atoms with Crippen LogP contribution in [0.4, 0.5) is 10.5 Å². The Balaban J connectivity index is 1.37. The number of ether oxygens (including phenoxy) is 1. The number of aliphatic carboxylic acids is 1. The predicted octanol–water partition coefficient (Wildman–Crippen LogP) is 5.01. The Labute approximate surface area is 174 Å². The van der Waals surface area contributed by atoms with Crippen molar-refractivity contribution in [2.45, 2.75) is 18.3 Å². The largest absolute Gasteiger partial charge is 0.481 e. The van der Waals surface area contributed by atoms with Crippen molar-refractivity contribution in [3.8, 4) is 11.1 Å². The lowest BCUT2D eigenvalue weighted by Gasteiger charge is -2.20. The van der Waals surface area contributed by atoms with Gasteiger partial charge in [-0.2, -0.15) is 0 Å². The Hall–Kier alpha value is -3.60. The first kappa shape index (κ1) is 18.4. The molecule has 0 saturated heterocycles. The average molecular weight is 399 g/mol. The summed E-state index contributed by atoms with van der Waals surface area (Å²) in [5, 5.41) is 9.22. The number of amides is 1. The smallest absolute Gasteiger partial charge is 0.414 e. The highest BCUT2D eigenvalue weighted by Gasteiger charge is 2.35. The number of carbonyl (C=O) groups excluding carboxylic acids is 1. The molecule has 0 spiro atoms. The van der Waals surface area contributed by atoms with E-state index in [-0.39, 0.29) is 24.9 Å². The Kier molecular flexibility index (Phi) is 4.51. The molecule has 0 saturated carbocycles. The minimum Gasteiger partial charge on any atom is -0.481 e. The number of carboxylic acids is 1. The monoisotopic (exact) mass is 399 g/mol. The lowest BCUT2D eigenvalue weighted by atomic mass is 9.98. The SMILES string of the molecule is O=C(O)CC1CN(C(=O)OCC2c3ccccc3-c3ccccc32)c2ccccc21. The third kappa shape index (κ3) is 3.03. The summed E-state index contributed by atoms with van der Waals surface area (Å²) in [7, 11) is 0. The molecule has 1 unspecified atom stereocenters. The van der Waals surface area contributed by atoms with Crippen molar-refractivity contribution in [3.63, 3.8) is 0 Å². The van der Waals surface area contributed by atoms with Crippen molar-refractivity contribution in [3.05, 3.63) is 89.5 Å². The molecule has 0 bridgehead atoms. The fourth-order valence-electron chi connectivity index (χ4n) is 4.73. The van der Waals surface area contributed by atoms with E-state index in [2.05, 4.69) is 24.3 Å². The molecule has 0 aromatic heterocycles. The average Bonchev–Trinajstić information content (AvgIpc) is 3.28. The number of fused-ring (bicyclic) bond motifs is 4. The Morgan fingerprint density at radius 2 is 1.43 bits per heavy atom. The van der Waals surface area contributed by atoms with Crippen LogP contribution in [0.25, 0.3) is 11.1 Å². The lowest BCUT2D eigenvalue weighted by molar-refractivity contribution is -0.137. The van der Waals surface area contributed by atoms with Crippen LogP contribution in [-0.4, -0.2) is 30.3 Å². The van der Waals surface area contributed by atoms with Crippen molar-refractivity contribution in [2.24, 2.45) is 0 Å². The summed E-state index contributed by atoms with van der Waals surface area (Å²) in [6.07, 6.45) is -0.443. The zero-order valence-corrected chi connectivity index (χ0v) is 16.3. The van der Waals surface area contributed by atoms with Gasteiger partial charge in [0.05, 0.1) is 12.1 Å². The highest BCUT2D eigenvalue weighted by Crippen LogP contribution is 2.45. The molecular weight excluding hydrogens is 378 g/mol. The molecule has 1 atom stereocenters. The molecule has 5 nitrogen and oxygen atoms in total. The first-order valence-electron chi connectivity index (χ1n) is 10.1. The molecule has 1 amide bonds. The van der Waals surface area contributed by atoms with E-state index in [9.17, 15) is 14.7 Å². The van der Waals surface area contributed by atoms with Gasteiger partial charge in [0.2, 0.25) is 0 Å². The minimum absolute atomic E-state index is 0.00554. The fourth-order valence-corrected chi connectivity index (χ4v) is 4.73. The van der Waals surface area contributed by atoms with E-state index >= 15 is 0 Å². The predicted molar refractivity (Wildman–Crippen MR) is 114 cm³/mol. The quantitative estimate of drug-likeness (QED) is 0.669. The molecular formula is C25H21NO4. The molecule has 1 heterocycles. The van der Waals surface area contributed by atoms with Crippen LogP contribution in [0.15, 0.2) is 72.8 Å². The first-order valence-corrected chi connectivity index (χ1v) is 10.1. The number of hydrogen-bond donors (Lipinski definition) is 1. The highest BCUT2D eigenvalue weighted by molar-refractivity contribution is 5.91. The van der Waals surface area contributed by atoms with Crippen LogP contribution < -0.4 is 4.90 Å². The van der Waals surface area contributed by atoms with Crippen LogP contribution in [0.1, 0.15) is 34.9 Å². The molecule has 150 valence electrons. The summed E-state index contributed by atoms with van der Waals surface area (Å²) >= 11 is 0. The van der Waals surface area contributed by atoms with Gasteiger partial charge >= 0.3 is 12.1 Å². The van der Waals surface area contributed by atoms with Gasteiger partial charge < -0.3 is 9.84 Å². The van der Waals surface area contributed by atoms with E-state index in [4.69, 9.17) is 4.74 Å². The molecule has 5 heteroatoms. The van der Waals surface area contributed by atoms with Crippen molar-refractivity contribution in [1.29, 1.82) is 0 Å². The second-order valence-electron chi connectivity index (χ2n) is 7.77. The van der Waals surface area contributed by atoms with Gasteiger partial charge in [0.15, 0.2) is 0 Å². The molecule has 3 aromatic rings. The fraction of sp³-hybridized carbons (Fsp3) is 0.200. The summed E-state index contributed by atoms with van der Waals surface area (Å²) in [5.74, 6) is -1.10. The van der Waals surface area contributed by atoms with E-state index in [1.165, 1.54) is 11.1 Å². The second kappa shape index (κ2) is 7.34. The number of para-hydroxylation sites is 1. The number of hydrogen-bond acceptors (Lipinski definition) is 3. The second-order valence-corrected chi connectivity index (χ2v) is 7.77. The third-order valence-electron chi connectivity index (χ3n) is 6.05. The summed E-state index contributed by atoms with van der Waals surface area (Å²) in [5.41, 5.74) is 6.31. The maximum Gasteiger partial charge on any atom is 0.414 e. The van der Waals surface area contributed by atoms with Crippen molar-refractivity contribution >= 4 is 17.7 Å². The summed E-state index contributed by atoms with van der Waals surface area (Å²) < 4.78 is 5.77. The summed E-state index contributed by atoms with van der Waals surface area (Å²) in [4.78, 5) is 25.8. The molecule has 0 fully saturated rings. The molecule has 2 aliphatic rings. The van der Waals surface area contributed by atoms with Gasteiger partial charge in [0.1, 0.15) is 6.61 Å². The van der Waals surface area contributed by atoms with E-state index in [0.717, 1.165) is 22.4 Å². The van der Waals surface area contributed by atoms with Gasteiger partial charge in [0.25, 0.3) is 0 Å². The molecule has 5 rings (SSSR count). The van der Waals surface area contributed by atoms with Gasteiger partial charge in [0, 0.05) is 18.4 Å². The number of rotatable bonds is 4. The number of anilines is 1. The Morgan fingerprint density at radius 3 is 2.07 bits per heavy atom. The molecule has 1 N–H and O–H groups in total. The highest BCUT2D eigenvalue weighted by atomic mass is 16.6. The maximum atomic E-state index is 13.0. The summed E-state index contributed by atoms with van der Waals surface area (Å²) in [6.45, 7) is 0.567. The first-order chi connectivity index (χ1) is 14.6. The van der Waals surface area contributed by atoms with Crippen LogP contribution in [0.2, 0.25) is 0 Å². The van der Waals surface area contributed by atoms with Gasteiger partial charge in [-0.15, -0.1) is 0 Å². The molecule has 1 aliphatic carbocycles. The van der Waals surface area contributed by atoms with Crippen LogP contribution in [-0.2, 0) is 9.53 Å². The van der Waals surface area contributed by atoms with E-state index in [1.807, 2.05) is 48.5 Å². The molecule has 0 radical (unpaired) electrons. The zero-order valence-electron chi connectivity index (χ0n) is 16.3. The van der Waals surface area contributed by atoms with Gasteiger partial charge in [-0.3, -0.25) is 9.69 Å². The van der Waals surface area contributed by atoms with Crippen molar-refractivity contribution in [2.75, 3.05) is 18.1 Å². The topological polar surface area (TPSA) is 66.8 Å². The van der Waals surface area contributed by atoms with Crippen LogP contribution in [0.5, 0.6) is 0 Å². The van der Waals surface area contributed by atoms with Gasteiger partial charge in [-0.25, -0.2) is 4.79 Å². The van der Waals surface area contributed by atoms with Gasteiger partial charge in [-0.05, 0) is 33.9 Å². The van der Waals surface area contributed by atoms with Gasteiger partial charge in [-0.1, -0.05) is 66.7 Å². The van der Waals surface area contributed by atoms with E-state index in [0.29, 0.717) is 6.54 Å². The third-order valence-corrected chi connectivity index (χ3v) is 6.05. The zero-order chi connectivity index (χ0) is 20.7.